The van der Waals surface area contributed by atoms with E-state index in [0.717, 1.165) is 24.6 Å². The number of aliphatic imine (C=N–C) groups is 1. The molecule has 0 saturated carbocycles. The molecule has 7 nitrogen and oxygen atoms in total. The molecule has 0 atom stereocenters. The molecule has 0 aliphatic heterocycles. The standard InChI is InChI=1S/C15H25N5O2/c1-12(2)8-9-18-15(16-3)19-11-10-17-13-4-6-14(7-5-13)20(21)22/h4-7,12,17H,8-11H2,1-3H3,(H2,16,18,19). The van der Waals surface area contributed by atoms with Gasteiger partial charge in [-0.1, -0.05) is 13.8 Å². The number of rotatable bonds is 8. The van der Waals surface area contributed by atoms with Crippen LogP contribution in [0.3, 0.4) is 0 Å². The van der Waals surface area contributed by atoms with E-state index in [1.165, 1.54) is 12.1 Å². The number of non-ortho nitro benzene ring substituents is 1. The van der Waals surface area contributed by atoms with E-state index in [1.54, 1.807) is 19.2 Å². The van der Waals surface area contributed by atoms with Gasteiger partial charge in [-0.3, -0.25) is 15.1 Å². The Labute approximate surface area is 131 Å². The van der Waals surface area contributed by atoms with E-state index in [2.05, 4.69) is 34.8 Å². The van der Waals surface area contributed by atoms with Crippen molar-refractivity contribution in [2.24, 2.45) is 10.9 Å². The number of nitro benzene ring substituents is 1. The van der Waals surface area contributed by atoms with E-state index >= 15 is 0 Å². The molecular weight excluding hydrogens is 282 g/mol. The molecule has 1 aromatic rings. The molecule has 0 aliphatic carbocycles. The molecule has 0 saturated heterocycles. The van der Waals surface area contributed by atoms with Gasteiger partial charge >= 0.3 is 0 Å². The maximum absolute atomic E-state index is 10.6. The first-order chi connectivity index (χ1) is 10.5. The van der Waals surface area contributed by atoms with Gasteiger partial charge in [0, 0.05) is 44.5 Å². The number of guanidine groups is 1. The maximum Gasteiger partial charge on any atom is 0.269 e. The number of hydrogen-bond donors (Lipinski definition) is 3. The second kappa shape index (κ2) is 9.59. The lowest BCUT2D eigenvalue weighted by Crippen LogP contribution is -2.40. The maximum atomic E-state index is 10.6. The van der Waals surface area contributed by atoms with Crippen LogP contribution in [0.2, 0.25) is 0 Å². The predicted octanol–water partition coefficient (Wildman–Crippen LogP) is 2.22. The van der Waals surface area contributed by atoms with Crippen LogP contribution in [-0.4, -0.2) is 37.6 Å². The van der Waals surface area contributed by atoms with Gasteiger partial charge in [0.15, 0.2) is 5.96 Å². The summed E-state index contributed by atoms with van der Waals surface area (Å²) in [7, 11) is 1.74. The average Bonchev–Trinajstić information content (AvgIpc) is 2.49. The van der Waals surface area contributed by atoms with Gasteiger partial charge in [-0.05, 0) is 24.5 Å². The van der Waals surface area contributed by atoms with E-state index in [1.807, 2.05) is 0 Å². The monoisotopic (exact) mass is 307 g/mol. The lowest BCUT2D eigenvalue weighted by atomic mass is 10.1. The Morgan fingerprint density at radius 3 is 2.36 bits per heavy atom. The van der Waals surface area contributed by atoms with Crippen molar-refractivity contribution in [3.8, 4) is 0 Å². The molecule has 0 aromatic heterocycles. The van der Waals surface area contributed by atoms with Gasteiger partial charge < -0.3 is 16.0 Å². The highest BCUT2D eigenvalue weighted by molar-refractivity contribution is 5.79. The van der Waals surface area contributed by atoms with Crippen molar-refractivity contribution in [2.45, 2.75) is 20.3 Å². The first kappa shape index (κ1) is 17.7. The molecule has 0 radical (unpaired) electrons. The molecule has 0 spiro atoms. The van der Waals surface area contributed by atoms with Crippen LogP contribution in [-0.2, 0) is 0 Å². The second-order valence-corrected chi connectivity index (χ2v) is 5.34. The van der Waals surface area contributed by atoms with Crippen LogP contribution >= 0.6 is 0 Å². The molecule has 122 valence electrons. The summed E-state index contributed by atoms with van der Waals surface area (Å²) in [6.07, 6.45) is 1.10. The van der Waals surface area contributed by atoms with Gasteiger partial charge in [-0.15, -0.1) is 0 Å². The quantitative estimate of drug-likeness (QED) is 0.225. The molecule has 0 heterocycles. The lowest BCUT2D eigenvalue weighted by molar-refractivity contribution is -0.384. The molecular formula is C15H25N5O2. The molecule has 0 amide bonds. The fraction of sp³-hybridized carbons (Fsp3) is 0.533. The SMILES string of the molecule is CN=C(NCCNc1ccc([N+](=O)[O-])cc1)NCCC(C)C. The van der Waals surface area contributed by atoms with Crippen LogP contribution in [0.25, 0.3) is 0 Å². The van der Waals surface area contributed by atoms with Crippen LogP contribution < -0.4 is 16.0 Å². The molecule has 0 aliphatic rings. The number of nitro groups is 1. The van der Waals surface area contributed by atoms with E-state index in [4.69, 9.17) is 0 Å². The number of benzene rings is 1. The number of nitrogens with zero attached hydrogens (tertiary/aromatic N) is 2. The smallest absolute Gasteiger partial charge is 0.269 e. The van der Waals surface area contributed by atoms with Crippen molar-refractivity contribution in [2.75, 3.05) is 32.0 Å². The third-order valence-electron chi connectivity index (χ3n) is 3.06. The zero-order valence-corrected chi connectivity index (χ0v) is 13.4. The normalized spacial score (nSPS) is 11.4. The molecule has 0 fully saturated rings. The summed E-state index contributed by atoms with van der Waals surface area (Å²) in [5.74, 6) is 1.44. The molecule has 7 heteroatoms. The van der Waals surface area contributed by atoms with Crippen molar-refractivity contribution >= 4 is 17.3 Å². The van der Waals surface area contributed by atoms with Crippen molar-refractivity contribution in [3.05, 3.63) is 34.4 Å². The summed E-state index contributed by atoms with van der Waals surface area (Å²) >= 11 is 0. The number of nitrogens with one attached hydrogen (secondary N) is 3. The molecule has 1 aromatic carbocycles. The largest absolute Gasteiger partial charge is 0.383 e. The van der Waals surface area contributed by atoms with E-state index in [0.29, 0.717) is 19.0 Å². The van der Waals surface area contributed by atoms with Gasteiger partial charge in [-0.2, -0.15) is 0 Å². The summed E-state index contributed by atoms with van der Waals surface area (Å²) in [5.41, 5.74) is 0.952. The first-order valence-corrected chi connectivity index (χ1v) is 7.45. The number of anilines is 1. The fourth-order valence-electron chi connectivity index (χ4n) is 1.79. The Bertz CT molecular complexity index is 485. The highest BCUT2D eigenvalue weighted by Crippen LogP contribution is 2.14. The third-order valence-corrected chi connectivity index (χ3v) is 3.06. The van der Waals surface area contributed by atoms with Gasteiger partial charge in [0.05, 0.1) is 4.92 Å². The Balaban J connectivity index is 2.24. The topological polar surface area (TPSA) is 91.6 Å². The summed E-state index contributed by atoms with van der Waals surface area (Å²) in [6, 6.07) is 6.38. The second-order valence-electron chi connectivity index (χ2n) is 5.34. The molecule has 0 unspecified atom stereocenters. The Hall–Kier alpha value is -2.31. The van der Waals surface area contributed by atoms with Crippen LogP contribution in [0.4, 0.5) is 11.4 Å². The molecule has 22 heavy (non-hydrogen) atoms. The van der Waals surface area contributed by atoms with Crippen LogP contribution in [0.1, 0.15) is 20.3 Å². The van der Waals surface area contributed by atoms with E-state index < -0.39 is 4.92 Å². The average molecular weight is 307 g/mol. The van der Waals surface area contributed by atoms with Gasteiger partial charge in [0.2, 0.25) is 0 Å². The third kappa shape index (κ3) is 6.92. The van der Waals surface area contributed by atoms with Crippen LogP contribution in [0, 0.1) is 16.0 Å². The molecule has 0 bridgehead atoms. The van der Waals surface area contributed by atoms with Gasteiger partial charge in [0.25, 0.3) is 5.69 Å². The van der Waals surface area contributed by atoms with Crippen LogP contribution in [0.5, 0.6) is 0 Å². The van der Waals surface area contributed by atoms with Crippen molar-refractivity contribution in [1.82, 2.24) is 10.6 Å². The Morgan fingerprint density at radius 2 is 1.82 bits per heavy atom. The highest BCUT2D eigenvalue weighted by atomic mass is 16.6. The van der Waals surface area contributed by atoms with E-state index in [-0.39, 0.29) is 5.69 Å². The summed E-state index contributed by atoms with van der Waals surface area (Å²) in [6.45, 7) is 6.67. The van der Waals surface area contributed by atoms with Gasteiger partial charge in [-0.25, -0.2) is 0 Å². The predicted molar refractivity (Wildman–Crippen MR) is 90.4 cm³/mol. The summed E-state index contributed by atoms with van der Waals surface area (Å²) < 4.78 is 0. The Kier molecular flexibility index (Phi) is 7.74. The van der Waals surface area contributed by atoms with Gasteiger partial charge in [0.1, 0.15) is 0 Å². The molecule has 3 N–H and O–H groups in total. The number of hydrogen-bond acceptors (Lipinski definition) is 4. The highest BCUT2D eigenvalue weighted by Gasteiger charge is 2.03. The van der Waals surface area contributed by atoms with Crippen LogP contribution in [0.15, 0.2) is 29.3 Å². The first-order valence-electron chi connectivity index (χ1n) is 7.45. The fourth-order valence-corrected chi connectivity index (χ4v) is 1.79. The minimum absolute atomic E-state index is 0.0958. The van der Waals surface area contributed by atoms with E-state index in [9.17, 15) is 10.1 Å². The summed E-state index contributed by atoms with van der Waals surface area (Å²) in [4.78, 5) is 14.3. The Morgan fingerprint density at radius 1 is 1.18 bits per heavy atom. The minimum Gasteiger partial charge on any atom is -0.383 e. The summed E-state index contributed by atoms with van der Waals surface area (Å²) in [5, 5.41) is 20.2. The minimum atomic E-state index is -0.405. The van der Waals surface area contributed by atoms with Crippen molar-refractivity contribution < 1.29 is 4.92 Å². The zero-order chi connectivity index (χ0) is 16.4. The lowest BCUT2D eigenvalue weighted by Gasteiger charge is -2.13. The molecule has 1 rings (SSSR count). The van der Waals surface area contributed by atoms with Crippen molar-refractivity contribution in [3.63, 3.8) is 0 Å². The van der Waals surface area contributed by atoms with Crippen molar-refractivity contribution in [1.29, 1.82) is 0 Å². The zero-order valence-electron chi connectivity index (χ0n) is 13.4.